The predicted molar refractivity (Wildman–Crippen MR) is 92.3 cm³/mol. The number of carbonyl (C=O) groups excluding carboxylic acids is 1. The van der Waals surface area contributed by atoms with Crippen molar-refractivity contribution >= 4 is 23.0 Å². The summed E-state index contributed by atoms with van der Waals surface area (Å²) in [6, 6.07) is 0. The minimum Gasteiger partial charge on any atom is -0.351 e. The molecule has 7 nitrogen and oxygen atoms in total. The van der Waals surface area contributed by atoms with Crippen LogP contribution in [-0.4, -0.2) is 30.5 Å². The largest absolute Gasteiger partial charge is 0.453 e. The summed E-state index contributed by atoms with van der Waals surface area (Å²) < 4.78 is 39.5. The van der Waals surface area contributed by atoms with Gasteiger partial charge in [-0.15, -0.1) is 16.4 Å². The van der Waals surface area contributed by atoms with Gasteiger partial charge in [-0.2, -0.15) is 18.2 Å². The van der Waals surface area contributed by atoms with Gasteiger partial charge in [0.25, 0.3) is 11.6 Å². The van der Waals surface area contributed by atoms with Crippen LogP contribution in [-0.2, 0) is 23.9 Å². The number of halogens is 3. The minimum absolute atomic E-state index is 0.105. The van der Waals surface area contributed by atoms with Crippen molar-refractivity contribution in [1.29, 1.82) is 0 Å². The van der Waals surface area contributed by atoms with Gasteiger partial charge in [0.2, 0.25) is 5.91 Å². The molecule has 0 unspecified atom stereocenters. The highest BCUT2D eigenvalue weighted by atomic mass is 32.1. The molecule has 1 amide bonds. The number of hydrogen-bond donors (Lipinski definition) is 1. The Kier molecular flexibility index (Phi) is 5.13. The van der Waals surface area contributed by atoms with E-state index in [0.717, 1.165) is 14.4 Å². The second-order valence-corrected chi connectivity index (χ2v) is 7.35. The molecule has 0 saturated carbocycles. The number of rotatable bonds is 5. The fourth-order valence-electron chi connectivity index (χ4n) is 2.69. The molecule has 0 aliphatic rings. The zero-order valence-electron chi connectivity index (χ0n) is 14.9. The van der Waals surface area contributed by atoms with Crippen molar-refractivity contribution < 1.29 is 18.0 Å². The van der Waals surface area contributed by atoms with Crippen LogP contribution in [0, 0.1) is 20.8 Å². The lowest BCUT2D eigenvalue weighted by Crippen LogP contribution is -2.23. The van der Waals surface area contributed by atoms with Crippen LogP contribution >= 0.6 is 11.3 Å². The summed E-state index contributed by atoms with van der Waals surface area (Å²) in [5, 5.41) is 7.24. The highest BCUT2D eigenvalue weighted by Crippen LogP contribution is 2.27. The molecule has 3 aromatic heterocycles. The van der Waals surface area contributed by atoms with E-state index in [1.54, 1.807) is 20.0 Å². The Morgan fingerprint density at radius 3 is 2.63 bits per heavy atom. The SMILES string of the molecule is Cc1ncc(CNC(=O)CCc2c(C)nc3nc(C(F)(F)F)nn3c2C)s1. The molecule has 3 aromatic rings. The van der Waals surface area contributed by atoms with Crippen LogP contribution in [0.1, 0.15) is 39.1 Å². The predicted octanol–water partition coefficient (Wildman–Crippen LogP) is 2.77. The molecular formula is C16H17F3N6OS. The molecule has 0 aliphatic heterocycles. The van der Waals surface area contributed by atoms with E-state index in [4.69, 9.17) is 0 Å². The van der Waals surface area contributed by atoms with E-state index < -0.39 is 12.0 Å². The topological polar surface area (TPSA) is 85.1 Å². The molecule has 144 valence electrons. The zero-order valence-corrected chi connectivity index (χ0v) is 15.7. The summed E-state index contributed by atoms with van der Waals surface area (Å²) in [5.41, 5.74) is 1.71. The number of aryl methyl sites for hydroxylation is 3. The number of fused-ring (bicyclic) bond motifs is 1. The average Bonchev–Trinajstić information content (AvgIpc) is 3.18. The van der Waals surface area contributed by atoms with Crippen LogP contribution in [0.4, 0.5) is 13.2 Å². The number of nitrogens with zero attached hydrogens (tertiary/aromatic N) is 5. The van der Waals surface area contributed by atoms with Crippen molar-refractivity contribution in [3.63, 3.8) is 0 Å². The van der Waals surface area contributed by atoms with Gasteiger partial charge in [-0.05, 0) is 32.8 Å². The van der Waals surface area contributed by atoms with Crippen molar-refractivity contribution in [2.45, 2.75) is 46.3 Å². The number of amides is 1. The van der Waals surface area contributed by atoms with Gasteiger partial charge in [0.15, 0.2) is 0 Å². The molecular weight excluding hydrogens is 381 g/mol. The molecule has 0 aliphatic carbocycles. The first-order chi connectivity index (χ1) is 12.6. The molecule has 11 heteroatoms. The molecule has 0 bridgehead atoms. The third-order valence-electron chi connectivity index (χ3n) is 4.03. The summed E-state index contributed by atoms with van der Waals surface area (Å²) >= 11 is 1.51. The third-order valence-corrected chi connectivity index (χ3v) is 4.95. The monoisotopic (exact) mass is 398 g/mol. The van der Waals surface area contributed by atoms with E-state index in [1.807, 2.05) is 6.92 Å². The molecule has 0 saturated heterocycles. The quantitative estimate of drug-likeness (QED) is 0.714. The Hall–Kier alpha value is -2.56. The molecule has 0 radical (unpaired) electrons. The Labute approximate surface area is 156 Å². The maximum atomic E-state index is 12.8. The van der Waals surface area contributed by atoms with Gasteiger partial charge < -0.3 is 5.32 Å². The molecule has 1 N–H and O–H groups in total. The number of alkyl halides is 3. The molecule has 0 fully saturated rings. The summed E-state index contributed by atoms with van der Waals surface area (Å²) in [4.78, 5) is 24.7. The molecule has 0 spiro atoms. The first-order valence-corrected chi connectivity index (χ1v) is 8.95. The van der Waals surface area contributed by atoms with E-state index in [2.05, 4.69) is 25.4 Å². The van der Waals surface area contributed by atoms with Crippen LogP contribution in [0.15, 0.2) is 6.20 Å². The maximum absolute atomic E-state index is 12.8. The number of aromatic nitrogens is 5. The number of hydrogen-bond acceptors (Lipinski definition) is 6. The second kappa shape index (κ2) is 7.22. The van der Waals surface area contributed by atoms with Gasteiger partial charge in [0.1, 0.15) is 0 Å². The van der Waals surface area contributed by atoms with Crippen molar-refractivity contribution in [2.75, 3.05) is 0 Å². The smallest absolute Gasteiger partial charge is 0.351 e. The van der Waals surface area contributed by atoms with Crippen LogP contribution in [0.25, 0.3) is 5.78 Å². The molecule has 3 rings (SSSR count). The first kappa shape index (κ1) is 19.2. The van der Waals surface area contributed by atoms with E-state index in [1.165, 1.54) is 11.3 Å². The Morgan fingerprint density at radius 1 is 1.26 bits per heavy atom. The number of nitrogens with one attached hydrogen (secondary N) is 1. The maximum Gasteiger partial charge on any atom is 0.453 e. The minimum atomic E-state index is -4.64. The summed E-state index contributed by atoms with van der Waals surface area (Å²) in [6.45, 7) is 5.61. The van der Waals surface area contributed by atoms with Gasteiger partial charge in [-0.3, -0.25) is 4.79 Å². The lowest BCUT2D eigenvalue weighted by molar-refractivity contribution is -0.144. The average molecular weight is 398 g/mol. The highest BCUT2D eigenvalue weighted by Gasteiger charge is 2.36. The van der Waals surface area contributed by atoms with Gasteiger partial charge in [-0.1, -0.05) is 0 Å². The van der Waals surface area contributed by atoms with Gasteiger partial charge >= 0.3 is 6.18 Å². The van der Waals surface area contributed by atoms with Gasteiger partial charge in [0.05, 0.1) is 11.6 Å². The first-order valence-electron chi connectivity index (χ1n) is 8.13. The van der Waals surface area contributed by atoms with E-state index in [9.17, 15) is 18.0 Å². The number of thiazole rings is 1. The normalized spacial score (nSPS) is 11.9. The van der Waals surface area contributed by atoms with Crippen LogP contribution in [0.3, 0.4) is 0 Å². The van der Waals surface area contributed by atoms with Crippen molar-refractivity contribution in [3.05, 3.63) is 38.9 Å². The van der Waals surface area contributed by atoms with E-state index in [0.29, 0.717) is 29.9 Å². The lowest BCUT2D eigenvalue weighted by Gasteiger charge is -2.10. The van der Waals surface area contributed by atoms with E-state index in [-0.39, 0.29) is 18.1 Å². The molecule has 0 aromatic carbocycles. The standard InChI is InChI=1S/C16H17F3N6OS/c1-8-12(4-5-13(26)21-7-11-6-20-10(3)27-11)9(2)25-15(22-8)23-14(24-25)16(17,18)19/h6H,4-5,7H2,1-3H3,(H,21,26). The van der Waals surface area contributed by atoms with Crippen molar-refractivity contribution in [1.82, 2.24) is 29.9 Å². The lowest BCUT2D eigenvalue weighted by atomic mass is 10.1. The summed E-state index contributed by atoms with van der Waals surface area (Å²) in [5.74, 6) is -1.49. The van der Waals surface area contributed by atoms with Crippen molar-refractivity contribution in [3.8, 4) is 0 Å². The van der Waals surface area contributed by atoms with Crippen LogP contribution in [0.2, 0.25) is 0 Å². The fourth-order valence-corrected chi connectivity index (χ4v) is 3.42. The summed E-state index contributed by atoms with van der Waals surface area (Å²) in [6.07, 6.45) is -2.39. The van der Waals surface area contributed by atoms with Crippen LogP contribution in [0.5, 0.6) is 0 Å². The highest BCUT2D eigenvalue weighted by molar-refractivity contribution is 7.11. The van der Waals surface area contributed by atoms with Crippen LogP contribution < -0.4 is 5.32 Å². The Morgan fingerprint density at radius 2 is 2.00 bits per heavy atom. The Bertz CT molecular complexity index is 994. The van der Waals surface area contributed by atoms with Crippen molar-refractivity contribution in [2.24, 2.45) is 0 Å². The van der Waals surface area contributed by atoms with E-state index >= 15 is 0 Å². The molecule has 0 atom stereocenters. The van der Waals surface area contributed by atoms with Gasteiger partial charge in [-0.25, -0.2) is 14.5 Å². The molecule has 27 heavy (non-hydrogen) atoms. The number of carbonyl (C=O) groups is 1. The zero-order chi connectivity index (χ0) is 19.8. The third kappa shape index (κ3) is 4.24. The van der Waals surface area contributed by atoms with Gasteiger partial charge in [0, 0.05) is 28.9 Å². The Balaban J connectivity index is 1.71. The fraction of sp³-hybridized carbons (Fsp3) is 0.438. The summed E-state index contributed by atoms with van der Waals surface area (Å²) in [7, 11) is 0. The molecule has 3 heterocycles. The second-order valence-electron chi connectivity index (χ2n) is 6.03.